The van der Waals surface area contributed by atoms with Crippen molar-refractivity contribution in [2.24, 2.45) is 17.6 Å². The summed E-state index contributed by atoms with van der Waals surface area (Å²) in [6.07, 6.45) is 7.06. The van der Waals surface area contributed by atoms with Crippen LogP contribution in [0.15, 0.2) is 0 Å². The van der Waals surface area contributed by atoms with Gasteiger partial charge in [0.05, 0.1) is 0 Å². The second-order valence-electron chi connectivity index (χ2n) is 3.68. The molecule has 0 aromatic heterocycles. The summed E-state index contributed by atoms with van der Waals surface area (Å²) in [6, 6.07) is 0.556. The average Bonchev–Trinajstić information content (AvgIpc) is 2.22. The fourth-order valence-electron chi connectivity index (χ4n) is 2.61. The van der Waals surface area contributed by atoms with Crippen molar-refractivity contribution in [2.45, 2.75) is 38.1 Å². The van der Waals surface area contributed by atoms with E-state index in [4.69, 9.17) is 5.73 Å². The third-order valence-electron chi connectivity index (χ3n) is 3.03. The van der Waals surface area contributed by atoms with Gasteiger partial charge in [-0.2, -0.15) is 0 Å². The first kappa shape index (κ1) is 5.72. The molecule has 0 amide bonds. The van der Waals surface area contributed by atoms with Crippen LogP contribution in [-0.4, -0.2) is 6.04 Å². The highest BCUT2D eigenvalue weighted by Gasteiger charge is 2.35. The third kappa shape index (κ3) is 0.877. The van der Waals surface area contributed by atoms with Crippen LogP contribution in [-0.2, 0) is 0 Å². The van der Waals surface area contributed by atoms with Crippen molar-refractivity contribution in [2.75, 3.05) is 0 Å². The quantitative estimate of drug-likeness (QED) is 0.522. The van der Waals surface area contributed by atoms with Gasteiger partial charge in [0.25, 0.3) is 0 Å². The normalized spacial score (nSPS) is 49.7. The molecule has 0 saturated heterocycles. The predicted octanol–water partition coefficient (Wildman–Crippen LogP) is 1.52. The van der Waals surface area contributed by atoms with Crippen molar-refractivity contribution < 1.29 is 0 Å². The first-order valence-corrected chi connectivity index (χ1v) is 4.12. The van der Waals surface area contributed by atoms with Gasteiger partial charge in [0.2, 0.25) is 0 Å². The summed E-state index contributed by atoms with van der Waals surface area (Å²) in [5, 5.41) is 0. The summed E-state index contributed by atoms with van der Waals surface area (Å²) in [5.41, 5.74) is 5.82. The van der Waals surface area contributed by atoms with Gasteiger partial charge in [-0.05, 0) is 24.7 Å². The van der Waals surface area contributed by atoms with Crippen LogP contribution in [0.25, 0.3) is 0 Å². The monoisotopic (exact) mass is 125 g/mol. The van der Waals surface area contributed by atoms with E-state index in [1.807, 2.05) is 0 Å². The molecule has 2 atom stereocenters. The van der Waals surface area contributed by atoms with E-state index in [0.717, 1.165) is 11.8 Å². The fourth-order valence-corrected chi connectivity index (χ4v) is 2.61. The molecule has 1 heteroatoms. The third-order valence-corrected chi connectivity index (χ3v) is 3.03. The Morgan fingerprint density at radius 1 is 1.00 bits per heavy atom. The lowest BCUT2D eigenvalue weighted by atomic mass is 10.0. The Hall–Kier alpha value is -0.0400. The van der Waals surface area contributed by atoms with Crippen LogP contribution in [0.1, 0.15) is 32.1 Å². The lowest BCUT2D eigenvalue weighted by Gasteiger charge is -2.04. The zero-order chi connectivity index (χ0) is 6.27. The molecule has 0 aromatic rings. The smallest absolute Gasteiger partial charge is 0.00443 e. The molecule has 0 bridgehead atoms. The summed E-state index contributed by atoms with van der Waals surface area (Å²) in [6.45, 7) is 0. The van der Waals surface area contributed by atoms with Gasteiger partial charge in [0.1, 0.15) is 0 Å². The molecule has 52 valence electrons. The lowest BCUT2D eigenvalue weighted by Crippen LogP contribution is -2.15. The van der Waals surface area contributed by atoms with Crippen molar-refractivity contribution in [1.29, 1.82) is 0 Å². The highest BCUT2D eigenvalue weighted by Crippen LogP contribution is 2.42. The first-order chi connectivity index (χ1) is 4.36. The van der Waals surface area contributed by atoms with Crippen LogP contribution in [0.2, 0.25) is 0 Å². The topological polar surface area (TPSA) is 26.0 Å². The molecule has 2 N–H and O–H groups in total. The number of fused-ring (bicyclic) bond motifs is 1. The Morgan fingerprint density at radius 2 is 1.56 bits per heavy atom. The molecule has 9 heavy (non-hydrogen) atoms. The molecule has 0 aliphatic heterocycles. The van der Waals surface area contributed by atoms with Crippen LogP contribution >= 0.6 is 0 Å². The summed E-state index contributed by atoms with van der Waals surface area (Å²) in [7, 11) is 0. The zero-order valence-corrected chi connectivity index (χ0v) is 5.84. The molecule has 2 aliphatic rings. The van der Waals surface area contributed by atoms with Gasteiger partial charge in [0.15, 0.2) is 0 Å². The van der Waals surface area contributed by atoms with E-state index in [-0.39, 0.29) is 0 Å². The van der Waals surface area contributed by atoms with E-state index in [0.29, 0.717) is 6.04 Å². The van der Waals surface area contributed by atoms with Crippen LogP contribution < -0.4 is 5.73 Å². The van der Waals surface area contributed by atoms with Crippen LogP contribution in [0.3, 0.4) is 0 Å². The molecule has 2 rings (SSSR count). The van der Waals surface area contributed by atoms with E-state index in [1.165, 1.54) is 32.1 Å². The molecular formula is C8H15N. The Balaban J connectivity index is 2.02. The second kappa shape index (κ2) is 1.98. The van der Waals surface area contributed by atoms with Crippen molar-refractivity contribution in [3.8, 4) is 0 Å². The van der Waals surface area contributed by atoms with E-state index in [9.17, 15) is 0 Å². The molecule has 0 spiro atoms. The molecule has 1 nitrogen and oxygen atoms in total. The van der Waals surface area contributed by atoms with Gasteiger partial charge < -0.3 is 5.73 Å². The van der Waals surface area contributed by atoms with Crippen molar-refractivity contribution >= 4 is 0 Å². The molecular weight excluding hydrogens is 110 g/mol. The SMILES string of the molecule is NC1CC2CCCC2C1. The van der Waals surface area contributed by atoms with E-state index >= 15 is 0 Å². The Bertz CT molecular complexity index is 99.1. The molecule has 0 aromatic carbocycles. The molecule has 2 unspecified atom stereocenters. The second-order valence-corrected chi connectivity index (χ2v) is 3.68. The molecule has 2 fully saturated rings. The van der Waals surface area contributed by atoms with Crippen LogP contribution in [0.5, 0.6) is 0 Å². The highest BCUT2D eigenvalue weighted by atomic mass is 14.7. The van der Waals surface area contributed by atoms with Crippen molar-refractivity contribution in [3.63, 3.8) is 0 Å². The fraction of sp³-hybridized carbons (Fsp3) is 1.00. The largest absolute Gasteiger partial charge is 0.328 e. The van der Waals surface area contributed by atoms with E-state index in [2.05, 4.69) is 0 Å². The highest BCUT2D eigenvalue weighted by molar-refractivity contribution is 4.89. The Labute approximate surface area is 56.6 Å². The number of nitrogens with two attached hydrogens (primary N) is 1. The van der Waals surface area contributed by atoms with Crippen LogP contribution in [0.4, 0.5) is 0 Å². The minimum atomic E-state index is 0.556. The number of rotatable bonds is 0. The van der Waals surface area contributed by atoms with Gasteiger partial charge in [-0.1, -0.05) is 19.3 Å². The predicted molar refractivity (Wildman–Crippen MR) is 38.0 cm³/mol. The molecule has 0 heterocycles. The van der Waals surface area contributed by atoms with E-state index < -0.39 is 0 Å². The minimum Gasteiger partial charge on any atom is -0.328 e. The summed E-state index contributed by atoms with van der Waals surface area (Å²) in [5.74, 6) is 2.06. The maximum absolute atomic E-state index is 5.82. The minimum absolute atomic E-state index is 0.556. The molecule has 2 saturated carbocycles. The van der Waals surface area contributed by atoms with Gasteiger partial charge in [-0.15, -0.1) is 0 Å². The zero-order valence-electron chi connectivity index (χ0n) is 5.84. The summed E-state index contributed by atoms with van der Waals surface area (Å²) < 4.78 is 0. The molecule has 0 radical (unpaired) electrons. The maximum Gasteiger partial charge on any atom is 0.00443 e. The van der Waals surface area contributed by atoms with Gasteiger partial charge in [-0.3, -0.25) is 0 Å². The van der Waals surface area contributed by atoms with Crippen LogP contribution in [0, 0.1) is 11.8 Å². The molecule has 2 aliphatic carbocycles. The van der Waals surface area contributed by atoms with Gasteiger partial charge >= 0.3 is 0 Å². The van der Waals surface area contributed by atoms with Crippen molar-refractivity contribution in [1.82, 2.24) is 0 Å². The van der Waals surface area contributed by atoms with Gasteiger partial charge in [-0.25, -0.2) is 0 Å². The summed E-state index contributed by atoms with van der Waals surface area (Å²) in [4.78, 5) is 0. The first-order valence-electron chi connectivity index (χ1n) is 4.12. The standard InChI is InChI=1S/C8H15N/c9-8-4-6-2-1-3-7(6)5-8/h6-8H,1-5,9H2. The lowest BCUT2D eigenvalue weighted by molar-refractivity contribution is 0.457. The van der Waals surface area contributed by atoms with Crippen molar-refractivity contribution in [3.05, 3.63) is 0 Å². The number of hydrogen-bond acceptors (Lipinski definition) is 1. The Kier molecular flexibility index (Phi) is 1.26. The van der Waals surface area contributed by atoms with E-state index in [1.54, 1.807) is 0 Å². The summed E-state index contributed by atoms with van der Waals surface area (Å²) >= 11 is 0. The maximum atomic E-state index is 5.82. The van der Waals surface area contributed by atoms with Gasteiger partial charge in [0, 0.05) is 6.04 Å². The number of hydrogen-bond donors (Lipinski definition) is 1. The average molecular weight is 125 g/mol. The Morgan fingerprint density at radius 3 is 2.11 bits per heavy atom.